The highest BCUT2D eigenvalue weighted by Gasteiger charge is 2.28. The van der Waals surface area contributed by atoms with Crippen LogP contribution in [0.3, 0.4) is 0 Å². The number of nitrogens with one attached hydrogen (secondary N) is 1. The lowest BCUT2D eigenvalue weighted by atomic mass is 10.1. The minimum Gasteiger partial charge on any atom is -0.497 e. The van der Waals surface area contributed by atoms with E-state index in [-0.39, 0.29) is 24.2 Å². The van der Waals surface area contributed by atoms with Crippen LogP contribution >= 0.6 is 0 Å². The number of ether oxygens (including phenoxy) is 1. The Labute approximate surface area is 187 Å². The second kappa shape index (κ2) is 9.13. The first kappa shape index (κ1) is 22.0. The van der Waals surface area contributed by atoms with Crippen molar-refractivity contribution < 1.29 is 17.9 Å². The van der Waals surface area contributed by atoms with Crippen LogP contribution in [0.2, 0.25) is 0 Å². The van der Waals surface area contributed by atoms with Crippen LogP contribution in [0, 0.1) is 0 Å². The molecule has 1 atom stereocenters. The second-order valence-corrected chi connectivity index (χ2v) is 9.81. The molecule has 1 saturated heterocycles. The zero-order valence-corrected chi connectivity index (χ0v) is 18.9. The lowest BCUT2D eigenvalue weighted by Crippen LogP contribution is -2.49. The number of benzene rings is 2. The maximum Gasteiger partial charge on any atom is 0.272 e. The first-order valence-electron chi connectivity index (χ1n) is 10.4. The summed E-state index contributed by atoms with van der Waals surface area (Å²) in [5.41, 5.74) is 2.77. The molecule has 2 aromatic carbocycles. The molecule has 4 rings (SSSR count). The van der Waals surface area contributed by atoms with Crippen LogP contribution in [0.1, 0.15) is 23.3 Å². The lowest BCUT2D eigenvalue weighted by Gasteiger charge is -2.31. The smallest absolute Gasteiger partial charge is 0.272 e. The largest absolute Gasteiger partial charge is 0.497 e. The van der Waals surface area contributed by atoms with Gasteiger partial charge in [-0.2, -0.15) is 5.10 Å². The molecule has 0 bridgehead atoms. The van der Waals surface area contributed by atoms with Crippen LogP contribution in [0.5, 0.6) is 5.75 Å². The van der Waals surface area contributed by atoms with E-state index in [1.165, 1.54) is 10.6 Å². The van der Waals surface area contributed by atoms with Gasteiger partial charge in [0, 0.05) is 24.7 Å². The number of sulfonamides is 1. The van der Waals surface area contributed by atoms with Crippen molar-refractivity contribution in [2.45, 2.75) is 18.9 Å². The predicted octanol–water partition coefficient (Wildman–Crippen LogP) is 2.70. The van der Waals surface area contributed by atoms with Gasteiger partial charge in [-0.1, -0.05) is 18.2 Å². The molecule has 2 heterocycles. The SMILES string of the molecule is COc1ccc(-c2cc(C(=O)NC3CCCN(S(C)(=O)=O)C3)nn2-c2ccccc2)cc1. The summed E-state index contributed by atoms with van der Waals surface area (Å²) in [6.07, 6.45) is 2.62. The molecular weight excluding hydrogens is 428 g/mol. The quantitative estimate of drug-likeness (QED) is 0.618. The standard InChI is InChI=1S/C23H26N4O4S/c1-31-20-12-10-17(11-13-20)22-15-21(25-27(22)19-8-4-3-5-9-19)23(28)24-18-7-6-14-26(16-18)32(2,29)30/h3-5,8-13,15,18H,6-7,14,16H2,1-2H3,(H,24,28). The van der Waals surface area contributed by atoms with Crippen LogP contribution < -0.4 is 10.1 Å². The normalized spacial score (nSPS) is 17.1. The van der Waals surface area contributed by atoms with Crippen LogP contribution in [0.25, 0.3) is 16.9 Å². The van der Waals surface area contributed by atoms with Crippen molar-refractivity contribution in [1.82, 2.24) is 19.4 Å². The highest BCUT2D eigenvalue weighted by atomic mass is 32.2. The topological polar surface area (TPSA) is 93.5 Å². The van der Waals surface area contributed by atoms with Gasteiger partial charge in [-0.05, 0) is 55.3 Å². The van der Waals surface area contributed by atoms with Crippen molar-refractivity contribution in [2.75, 3.05) is 26.5 Å². The molecule has 3 aromatic rings. The van der Waals surface area contributed by atoms with Gasteiger partial charge in [0.1, 0.15) is 5.75 Å². The first-order valence-corrected chi connectivity index (χ1v) is 12.3. The molecule has 1 unspecified atom stereocenters. The maximum atomic E-state index is 13.0. The van der Waals surface area contributed by atoms with Crippen molar-refractivity contribution in [2.24, 2.45) is 0 Å². The Hall–Kier alpha value is -3.17. The van der Waals surface area contributed by atoms with Crippen molar-refractivity contribution in [3.63, 3.8) is 0 Å². The monoisotopic (exact) mass is 454 g/mol. The van der Waals surface area contributed by atoms with E-state index in [1.54, 1.807) is 17.9 Å². The number of piperidine rings is 1. The Morgan fingerprint density at radius 3 is 2.50 bits per heavy atom. The van der Waals surface area contributed by atoms with Gasteiger partial charge in [-0.3, -0.25) is 4.79 Å². The summed E-state index contributed by atoms with van der Waals surface area (Å²) in [6, 6.07) is 18.7. The molecule has 0 spiro atoms. The Kier molecular flexibility index (Phi) is 6.29. The number of nitrogens with zero attached hydrogens (tertiary/aromatic N) is 3. The van der Waals surface area contributed by atoms with E-state index in [0.29, 0.717) is 13.0 Å². The summed E-state index contributed by atoms with van der Waals surface area (Å²) in [5, 5.41) is 7.53. The van der Waals surface area contributed by atoms with Crippen LogP contribution in [-0.4, -0.2) is 60.9 Å². The van der Waals surface area contributed by atoms with E-state index in [2.05, 4.69) is 10.4 Å². The molecule has 168 valence electrons. The number of para-hydroxylation sites is 1. The van der Waals surface area contributed by atoms with Gasteiger partial charge < -0.3 is 10.1 Å². The van der Waals surface area contributed by atoms with Gasteiger partial charge in [0.05, 0.1) is 24.7 Å². The summed E-state index contributed by atoms with van der Waals surface area (Å²) in [6.45, 7) is 0.755. The molecule has 1 amide bonds. The zero-order valence-electron chi connectivity index (χ0n) is 18.1. The minimum absolute atomic E-state index is 0.253. The average Bonchev–Trinajstić information content (AvgIpc) is 3.25. The highest BCUT2D eigenvalue weighted by molar-refractivity contribution is 7.88. The Morgan fingerprint density at radius 2 is 1.84 bits per heavy atom. The van der Waals surface area contributed by atoms with Gasteiger partial charge in [0.2, 0.25) is 10.0 Å². The number of hydrogen-bond donors (Lipinski definition) is 1. The summed E-state index contributed by atoms with van der Waals surface area (Å²) in [4.78, 5) is 13.0. The summed E-state index contributed by atoms with van der Waals surface area (Å²) in [7, 11) is -1.67. The third-order valence-electron chi connectivity index (χ3n) is 5.52. The van der Waals surface area contributed by atoms with Gasteiger partial charge in [0.15, 0.2) is 5.69 Å². The fraction of sp³-hybridized carbons (Fsp3) is 0.304. The van der Waals surface area contributed by atoms with Crippen LogP contribution in [0.4, 0.5) is 0 Å². The molecule has 0 radical (unpaired) electrons. The molecule has 1 aliphatic heterocycles. The maximum absolute atomic E-state index is 13.0. The number of aromatic nitrogens is 2. The zero-order chi connectivity index (χ0) is 22.7. The molecule has 32 heavy (non-hydrogen) atoms. The fourth-order valence-electron chi connectivity index (χ4n) is 3.85. The molecule has 0 aliphatic carbocycles. The van der Waals surface area contributed by atoms with E-state index in [0.717, 1.165) is 29.1 Å². The van der Waals surface area contributed by atoms with E-state index in [4.69, 9.17) is 4.74 Å². The average molecular weight is 455 g/mol. The molecule has 1 N–H and O–H groups in total. The van der Waals surface area contributed by atoms with E-state index >= 15 is 0 Å². The van der Waals surface area contributed by atoms with Crippen LogP contribution in [-0.2, 0) is 10.0 Å². The van der Waals surface area contributed by atoms with Gasteiger partial charge >= 0.3 is 0 Å². The predicted molar refractivity (Wildman–Crippen MR) is 122 cm³/mol. The van der Waals surface area contributed by atoms with Crippen molar-refractivity contribution in [3.05, 3.63) is 66.4 Å². The molecular formula is C23H26N4O4S. The summed E-state index contributed by atoms with van der Waals surface area (Å²) < 4.78 is 32.2. The molecule has 1 aromatic heterocycles. The number of rotatable bonds is 6. The van der Waals surface area contributed by atoms with Crippen molar-refractivity contribution in [1.29, 1.82) is 0 Å². The van der Waals surface area contributed by atoms with Crippen LogP contribution in [0.15, 0.2) is 60.7 Å². The summed E-state index contributed by atoms with van der Waals surface area (Å²) >= 11 is 0. The summed E-state index contributed by atoms with van der Waals surface area (Å²) in [5.74, 6) is 0.417. The lowest BCUT2D eigenvalue weighted by molar-refractivity contribution is 0.0916. The molecule has 1 aliphatic rings. The highest BCUT2D eigenvalue weighted by Crippen LogP contribution is 2.26. The Balaban J connectivity index is 1.62. The van der Waals surface area contributed by atoms with E-state index in [1.807, 2.05) is 54.6 Å². The Morgan fingerprint density at radius 1 is 1.12 bits per heavy atom. The first-order chi connectivity index (χ1) is 15.3. The number of carbonyl (C=O) groups excluding carboxylic acids is 1. The molecule has 9 heteroatoms. The van der Waals surface area contributed by atoms with Crippen molar-refractivity contribution in [3.8, 4) is 22.7 Å². The fourth-order valence-corrected chi connectivity index (χ4v) is 4.76. The number of carbonyl (C=O) groups is 1. The number of methoxy groups -OCH3 is 1. The van der Waals surface area contributed by atoms with Gasteiger partial charge in [-0.25, -0.2) is 17.4 Å². The third-order valence-corrected chi connectivity index (χ3v) is 6.79. The van der Waals surface area contributed by atoms with E-state index < -0.39 is 10.0 Å². The molecule has 1 fully saturated rings. The number of hydrogen-bond acceptors (Lipinski definition) is 5. The third kappa shape index (κ3) is 4.84. The van der Waals surface area contributed by atoms with Gasteiger partial charge in [-0.15, -0.1) is 0 Å². The van der Waals surface area contributed by atoms with Crippen molar-refractivity contribution >= 4 is 15.9 Å². The van der Waals surface area contributed by atoms with Gasteiger partial charge in [0.25, 0.3) is 5.91 Å². The molecule has 0 saturated carbocycles. The van der Waals surface area contributed by atoms with E-state index in [9.17, 15) is 13.2 Å². The number of amides is 1. The second-order valence-electron chi connectivity index (χ2n) is 7.82. The minimum atomic E-state index is -3.29. The Bertz CT molecular complexity index is 1190. The molecule has 8 nitrogen and oxygen atoms in total.